The van der Waals surface area contributed by atoms with Gasteiger partial charge in [-0.3, -0.25) is 9.69 Å². The Morgan fingerprint density at radius 2 is 1.74 bits per heavy atom. The van der Waals surface area contributed by atoms with Gasteiger partial charge in [0, 0.05) is 12.6 Å². The Kier molecular flexibility index (Phi) is 6.03. The molecule has 132 valence electrons. The van der Waals surface area contributed by atoms with Gasteiger partial charge in [0.2, 0.25) is 5.91 Å². The van der Waals surface area contributed by atoms with Crippen molar-refractivity contribution in [3.8, 4) is 0 Å². The number of piperidine rings is 1. The smallest absolute Gasteiger partial charge is 0.326 e. The highest BCUT2D eigenvalue weighted by Crippen LogP contribution is 2.25. The molecule has 0 aromatic heterocycles. The van der Waals surface area contributed by atoms with Crippen LogP contribution in [0.15, 0.2) is 0 Å². The highest BCUT2D eigenvalue weighted by molar-refractivity contribution is 5.87. The van der Waals surface area contributed by atoms with Gasteiger partial charge < -0.3 is 14.9 Å². The summed E-state index contributed by atoms with van der Waals surface area (Å²) in [6.07, 6.45) is 3.48. The molecule has 2 unspecified atom stereocenters. The lowest BCUT2D eigenvalue weighted by molar-refractivity contribution is -0.151. The molecule has 0 spiro atoms. The Hall–Kier alpha value is -1.14. The van der Waals surface area contributed by atoms with E-state index in [1.165, 1.54) is 0 Å². The summed E-state index contributed by atoms with van der Waals surface area (Å²) in [5, 5.41) is 9.36. The highest BCUT2D eigenvalue weighted by atomic mass is 16.4. The van der Waals surface area contributed by atoms with Crippen LogP contribution in [0.1, 0.15) is 39.5 Å². The van der Waals surface area contributed by atoms with Crippen LogP contribution >= 0.6 is 0 Å². The largest absolute Gasteiger partial charge is 0.480 e. The fourth-order valence-electron chi connectivity index (χ4n) is 4.02. The van der Waals surface area contributed by atoms with E-state index in [2.05, 4.69) is 30.7 Å². The van der Waals surface area contributed by atoms with Crippen molar-refractivity contribution in [2.75, 3.05) is 33.7 Å². The zero-order valence-corrected chi connectivity index (χ0v) is 14.9. The number of nitrogens with zero attached hydrogens (tertiary/aromatic N) is 3. The first-order chi connectivity index (χ1) is 10.8. The number of carbonyl (C=O) groups is 2. The molecule has 0 bridgehead atoms. The summed E-state index contributed by atoms with van der Waals surface area (Å²) in [7, 11) is 4.16. The first-order valence-electron chi connectivity index (χ1n) is 8.76. The zero-order valence-electron chi connectivity index (χ0n) is 14.9. The molecule has 2 saturated heterocycles. The number of rotatable bonds is 5. The number of likely N-dealkylation sites (tertiary alicyclic amines) is 2. The third-order valence-electron chi connectivity index (χ3n) is 5.41. The first kappa shape index (κ1) is 18.2. The van der Waals surface area contributed by atoms with Gasteiger partial charge in [0.05, 0.1) is 6.04 Å². The molecule has 1 N–H and O–H groups in total. The normalized spacial score (nSPS) is 25.3. The van der Waals surface area contributed by atoms with E-state index in [0.717, 1.165) is 32.4 Å². The van der Waals surface area contributed by atoms with Gasteiger partial charge in [0.15, 0.2) is 0 Å². The van der Waals surface area contributed by atoms with Gasteiger partial charge in [-0.25, -0.2) is 4.79 Å². The number of carboxylic acids is 1. The second-order valence-electron chi connectivity index (χ2n) is 7.42. The van der Waals surface area contributed by atoms with Crippen molar-refractivity contribution >= 4 is 11.9 Å². The minimum absolute atomic E-state index is 0.00803. The Balaban J connectivity index is 2.11. The van der Waals surface area contributed by atoms with Crippen LogP contribution in [-0.4, -0.2) is 83.5 Å². The van der Waals surface area contributed by atoms with E-state index in [0.29, 0.717) is 19.0 Å². The van der Waals surface area contributed by atoms with Crippen LogP contribution in [0.5, 0.6) is 0 Å². The predicted octanol–water partition coefficient (Wildman–Crippen LogP) is 1.11. The minimum Gasteiger partial charge on any atom is -0.480 e. The van der Waals surface area contributed by atoms with E-state index in [1.807, 2.05) is 7.05 Å². The quantitative estimate of drug-likeness (QED) is 0.820. The van der Waals surface area contributed by atoms with Crippen LogP contribution in [0.3, 0.4) is 0 Å². The summed E-state index contributed by atoms with van der Waals surface area (Å²) in [5.74, 6) is -0.714. The van der Waals surface area contributed by atoms with Crippen molar-refractivity contribution in [1.82, 2.24) is 14.7 Å². The Labute approximate surface area is 139 Å². The van der Waals surface area contributed by atoms with Crippen LogP contribution in [0.2, 0.25) is 0 Å². The van der Waals surface area contributed by atoms with Gasteiger partial charge >= 0.3 is 5.97 Å². The van der Waals surface area contributed by atoms with E-state index < -0.39 is 12.0 Å². The summed E-state index contributed by atoms with van der Waals surface area (Å²) in [4.78, 5) is 30.6. The van der Waals surface area contributed by atoms with E-state index in [-0.39, 0.29) is 17.9 Å². The van der Waals surface area contributed by atoms with E-state index >= 15 is 0 Å². The van der Waals surface area contributed by atoms with E-state index in [1.54, 1.807) is 4.90 Å². The van der Waals surface area contributed by atoms with Gasteiger partial charge in [-0.1, -0.05) is 13.8 Å². The lowest BCUT2D eigenvalue weighted by Crippen LogP contribution is -2.56. The number of carboxylic acid groups (broad SMARTS) is 1. The lowest BCUT2D eigenvalue weighted by atomic mass is 9.95. The predicted molar refractivity (Wildman–Crippen MR) is 89.3 cm³/mol. The maximum absolute atomic E-state index is 13.1. The molecule has 2 aliphatic rings. The van der Waals surface area contributed by atoms with Crippen molar-refractivity contribution in [3.63, 3.8) is 0 Å². The maximum Gasteiger partial charge on any atom is 0.326 e. The van der Waals surface area contributed by atoms with Crippen molar-refractivity contribution < 1.29 is 14.7 Å². The van der Waals surface area contributed by atoms with Gasteiger partial charge in [-0.05, 0) is 58.8 Å². The van der Waals surface area contributed by atoms with Crippen LogP contribution in [0.4, 0.5) is 0 Å². The molecule has 2 aliphatic heterocycles. The third-order valence-corrected chi connectivity index (χ3v) is 5.41. The number of aliphatic carboxylic acids is 1. The van der Waals surface area contributed by atoms with Crippen LogP contribution < -0.4 is 0 Å². The molecule has 2 heterocycles. The standard InChI is InChI=1S/C17H31N3O3/c1-12(2)15(19(4)13-7-10-18(3)11-8-13)16(21)20-9-5-6-14(20)17(22)23/h12-15H,5-11H2,1-4H3,(H,22,23). The van der Waals surface area contributed by atoms with E-state index in [4.69, 9.17) is 0 Å². The number of hydrogen-bond acceptors (Lipinski definition) is 4. The highest BCUT2D eigenvalue weighted by Gasteiger charge is 2.41. The summed E-state index contributed by atoms with van der Waals surface area (Å²) in [6.45, 7) is 6.78. The molecule has 0 saturated carbocycles. The van der Waals surface area contributed by atoms with Crippen molar-refractivity contribution in [2.24, 2.45) is 5.92 Å². The summed E-state index contributed by atoms with van der Waals surface area (Å²) in [6, 6.07) is -0.480. The molecule has 0 aromatic carbocycles. The summed E-state index contributed by atoms with van der Waals surface area (Å²) in [5.41, 5.74) is 0. The first-order valence-corrected chi connectivity index (χ1v) is 8.76. The Bertz CT molecular complexity index is 433. The van der Waals surface area contributed by atoms with Crippen LogP contribution in [0.25, 0.3) is 0 Å². The van der Waals surface area contributed by atoms with Crippen molar-refractivity contribution in [2.45, 2.75) is 57.7 Å². The fourth-order valence-corrected chi connectivity index (χ4v) is 4.02. The molecule has 0 aromatic rings. The summed E-state index contributed by atoms with van der Waals surface area (Å²) < 4.78 is 0. The molecule has 0 aliphatic carbocycles. The van der Waals surface area contributed by atoms with Crippen molar-refractivity contribution in [3.05, 3.63) is 0 Å². The number of hydrogen-bond donors (Lipinski definition) is 1. The van der Waals surface area contributed by atoms with Gasteiger partial charge in [0.25, 0.3) is 0 Å². The number of likely N-dealkylation sites (N-methyl/N-ethyl adjacent to an activating group) is 1. The van der Waals surface area contributed by atoms with Gasteiger partial charge in [-0.2, -0.15) is 0 Å². The van der Waals surface area contributed by atoms with Gasteiger partial charge in [0.1, 0.15) is 6.04 Å². The summed E-state index contributed by atoms with van der Waals surface area (Å²) >= 11 is 0. The SMILES string of the molecule is CC(C)C(C(=O)N1CCCC1C(=O)O)N(C)C1CCN(C)CC1. The number of carbonyl (C=O) groups excluding carboxylic acids is 1. The maximum atomic E-state index is 13.1. The minimum atomic E-state index is -0.875. The van der Waals surface area contributed by atoms with Crippen LogP contribution in [0, 0.1) is 5.92 Å². The molecule has 2 rings (SSSR count). The van der Waals surface area contributed by atoms with Crippen LogP contribution in [-0.2, 0) is 9.59 Å². The second kappa shape index (κ2) is 7.62. The molecule has 1 amide bonds. The molecule has 6 heteroatoms. The average molecular weight is 325 g/mol. The molecule has 6 nitrogen and oxygen atoms in total. The topological polar surface area (TPSA) is 64.1 Å². The second-order valence-corrected chi connectivity index (χ2v) is 7.42. The molecule has 0 radical (unpaired) electrons. The average Bonchev–Trinajstić information content (AvgIpc) is 2.97. The Morgan fingerprint density at radius 1 is 1.13 bits per heavy atom. The molecule has 2 atom stereocenters. The number of amides is 1. The van der Waals surface area contributed by atoms with Crippen molar-refractivity contribution in [1.29, 1.82) is 0 Å². The molecule has 2 fully saturated rings. The molecular weight excluding hydrogens is 294 g/mol. The molecular formula is C17H31N3O3. The third kappa shape index (κ3) is 4.04. The fraction of sp³-hybridized carbons (Fsp3) is 0.882. The zero-order chi connectivity index (χ0) is 17.1. The monoisotopic (exact) mass is 325 g/mol. The Morgan fingerprint density at radius 3 is 2.26 bits per heavy atom. The lowest BCUT2D eigenvalue weighted by Gasteiger charge is -2.41. The molecule has 23 heavy (non-hydrogen) atoms. The van der Waals surface area contributed by atoms with Gasteiger partial charge in [-0.15, -0.1) is 0 Å². The van der Waals surface area contributed by atoms with E-state index in [9.17, 15) is 14.7 Å².